The van der Waals surface area contributed by atoms with Crippen LogP contribution in [0.1, 0.15) is 24.2 Å². The molecule has 4 heteroatoms. The van der Waals surface area contributed by atoms with Gasteiger partial charge >= 0.3 is 0 Å². The van der Waals surface area contributed by atoms with Crippen molar-refractivity contribution in [2.24, 2.45) is 12.8 Å². The van der Waals surface area contributed by atoms with E-state index in [1.54, 1.807) is 13.2 Å². The number of nitrogens with two attached hydrogens (primary N) is 1. The standard InChI is InChI=1S/C5H7N3O.C2H6/c1-8-3-4(2-7-8)5(6)9;1-2/h2-3H,1H3,(H2,6,9);1-2H3. The molecule has 0 unspecified atom stereocenters. The number of aryl methyl sites for hydroxylation is 1. The molecule has 62 valence electrons. The summed E-state index contributed by atoms with van der Waals surface area (Å²) in [5.41, 5.74) is 5.38. The summed E-state index contributed by atoms with van der Waals surface area (Å²) in [4.78, 5) is 10.4. The summed E-state index contributed by atoms with van der Waals surface area (Å²) in [5.74, 6) is -0.442. The second-order valence-corrected chi connectivity index (χ2v) is 1.77. The summed E-state index contributed by atoms with van der Waals surface area (Å²) in [7, 11) is 1.73. The van der Waals surface area contributed by atoms with Crippen LogP contribution in [0.3, 0.4) is 0 Å². The maximum Gasteiger partial charge on any atom is 0.251 e. The van der Waals surface area contributed by atoms with Crippen molar-refractivity contribution in [1.82, 2.24) is 9.78 Å². The van der Waals surface area contributed by atoms with Crippen LogP contribution in [0.5, 0.6) is 0 Å². The highest BCUT2D eigenvalue weighted by Crippen LogP contribution is 1.91. The van der Waals surface area contributed by atoms with E-state index < -0.39 is 5.91 Å². The molecule has 2 N–H and O–H groups in total. The maximum absolute atomic E-state index is 10.4. The molecule has 4 nitrogen and oxygen atoms in total. The van der Waals surface area contributed by atoms with E-state index in [9.17, 15) is 4.79 Å². The minimum atomic E-state index is -0.442. The molecule has 0 bridgehead atoms. The lowest BCUT2D eigenvalue weighted by molar-refractivity contribution is 0.1000. The second kappa shape index (κ2) is 4.49. The molecule has 0 saturated heterocycles. The summed E-state index contributed by atoms with van der Waals surface area (Å²) >= 11 is 0. The predicted molar refractivity (Wildman–Crippen MR) is 43.1 cm³/mol. The van der Waals surface area contributed by atoms with Gasteiger partial charge in [-0.25, -0.2) is 0 Å². The first-order chi connectivity index (χ1) is 5.20. The van der Waals surface area contributed by atoms with Gasteiger partial charge in [0.1, 0.15) is 0 Å². The van der Waals surface area contributed by atoms with Crippen LogP contribution >= 0.6 is 0 Å². The summed E-state index contributed by atoms with van der Waals surface area (Å²) < 4.78 is 1.53. The fourth-order valence-corrected chi connectivity index (χ4v) is 0.548. The van der Waals surface area contributed by atoms with Crippen LogP contribution in [-0.4, -0.2) is 15.7 Å². The third kappa shape index (κ3) is 2.84. The van der Waals surface area contributed by atoms with Crippen LogP contribution in [-0.2, 0) is 7.05 Å². The summed E-state index contributed by atoms with van der Waals surface area (Å²) in [6, 6.07) is 0. The first-order valence-electron chi connectivity index (χ1n) is 3.48. The Morgan fingerprint density at radius 1 is 1.64 bits per heavy atom. The van der Waals surface area contributed by atoms with Crippen molar-refractivity contribution < 1.29 is 4.79 Å². The van der Waals surface area contributed by atoms with Gasteiger partial charge in [-0.05, 0) is 0 Å². The van der Waals surface area contributed by atoms with Crippen molar-refractivity contribution in [2.75, 3.05) is 0 Å². The highest BCUT2D eigenvalue weighted by Gasteiger charge is 1.99. The lowest BCUT2D eigenvalue weighted by Gasteiger charge is -1.82. The molecule has 0 radical (unpaired) electrons. The van der Waals surface area contributed by atoms with E-state index in [-0.39, 0.29) is 0 Å². The SMILES string of the molecule is CC.Cn1cc(C(N)=O)cn1. The van der Waals surface area contributed by atoms with Gasteiger partial charge in [-0.15, -0.1) is 0 Å². The molecule has 0 saturated carbocycles. The quantitative estimate of drug-likeness (QED) is 0.643. The Morgan fingerprint density at radius 2 is 2.18 bits per heavy atom. The predicted octanol–water partition coefficient (Wildman–Crippen LogP) is 0.545. The Balaban J connectivity index is 0.000000461. The number of amides is 1. The van der Waals surface area contributed by atoms with Crippen molar-refractivity contribution in [3.8, 4) is 0 Å². The zero-order valence-electron chi connectivity index (χ0n) is 7.03. The third-order valence-electron chi connectivity index (χ3n) is 0.989. The van der Waals surface area contributed by atoms with Crippen LogP contribution < -0.4 is 5.73 Å². The highest BCUT2D eigenvalue weighted by atomic mass is 16.1. The van der Waals surface area contributed by atoms with Gasteiger partial charge in [0.25, 0.3) is 5.91 Å². The van der Waals surface area contributed by atoms with Crippen molar-refractivity contribution >= 4 is 5.91 Å². The largest absolute Gasteiger partial charge is 0.366 e. The second-order valence-electron chi connectivity index (χ2n) is 1.77. The number of carbonyl (C=O) groups is 1. The van der Waals surface area contributed by atoms with Gasteiger partial charge in [0.2, 0.25) is 0 Å². The Labute approximate surface area is 66.0 Å². The molecule has 0 fully saturated rings. The minimum Gasteiger partial charge on any atom is -0.366 e. The number of nitrogens with zero attached hydrogens (tertiary/aromatic N) is 2. The molecule has 0 spiro atoms. The monoisotopic (exact) mass is 155 g/mol. The number of hydrogen-bond donors (Lipinski definition) is 1. The molecule has 1 aromatic rings. The van der Waals surface area contributed by atoms with Gasteiger partial charge in [0.05, 0.1) is 11.8 Å². The van der Waals surface area contributed by atoms with Gasteiger partial charge in [0.15, 0.2) is 0 Å². The van der Waals surface area contributed by atoms with Gasteiger partial charge in [-0.3, -0.25) is 9.48 Å². The van der Waals surface area contributed by atoms with E-state index in [2.05, 4.69) is 5.10 Å². The number of hydrogen-bond acceptors (Lipinski definition) is 2. The van der Waals surface area contributed by atoms with Crippen LogP contribution in [0.2, 0.25) is 0 Å². The summed E-state index contributed by atoms with van der Waals surface area (Å²) in [6.07, 6.45) is 3.00. The van der Waals surface area contributed by atoms with E-state index in [0.29, 0.717) is 5.56 Å². The van der Waals surface area contributed by atoms with Gasteiger partial charge in [-0.2, -0.15) is 5.10 Å². The summed E-state index contributed by atoms with van der Waals surface area (Å²) in [6.45, 7) is 4.00. The van der Waals surface area contributed by atoms with Gasteiger partial charge in [-0.1, -0.05) is 13.8 Å². The van der Waals surface area contributed by atoms with E-state index in [4.69, 9.17) is 5.73 Å². The first kappa shape index (κ1) is 9.68. The Bertz CT molecular complexity index is 229. The molecule has 11 heavy (non-hydrogen) atoms. The van der Waals surface area contributed by atoms with Crippen LogP contribution in [0.25, 0.3) is 0 Å². The maximum atomic E-state index is 10.4. The Hall–Kier alpha value is -1.32. The lowest BCUT2D eigenvalue weighted by atomic mass is 10.4. The lowest BCUT2D eigenvalue weighted by Crippen LogP contribution is -2.09. The van der Waals surface area contributed by atoms with Crippen LogP contribution in [0.4, 0.5) is 0 Å². The van der Waals surface area contributed by atoms with E-state index in [0.717, 1.165) is 0 Å². The van der Waals surface area contributed by atoms with E-state index in [1.807, 2.05) is 13.8 Å². The number of primary amides is 1. The molecule has 0 aliphatic heterocycles. The Morgan fingerprint density at radius 3 is 2.36 bits per heavy atom. The molecule has 0 aliphatic carbocycles. The number of aromatic nitrogens is 2. The van der Waals surface area contributed by atoms with Crippen molar-refractivity contribution in [2.45, 2.75) is 13.8 Å². The molecule has 1 amide bonds. The van der Waals surface area contributed by atoms with Gasteiger partial charge < -0.3 is 5.73 Å². The Kier molecular flexibility index (Phi) is 3.95. The zero-order valence-corrected chi connectivity index (χ0v) is 7.03. The molecule has 0 aliphatic rings. The molecule has 0 atom stereocenters. The molecule has 1 rings (SSSR count). The fourth-order valence-electron chi connectivity index (χ4n) is 0.548. The molecular formula is C7H13N3O. The molecule has 1 aromatic heterocycles. The van der Waals surface area contributed by atoms with Crippen LogP contribution in [0.15, 0.2) is 12.4 Å². The van der Waals surface area contributed by atoms with Crippen molar-refractivity contribution in [3.63, 3.8) is 0 Å². The number of carbonyl (C=O) groups excluding carboxylic acids is 1. The van der Waals surface area contributed by atoms with Crippen LogP contribution in [0, 0.1) is 0 Å². The fraction of sp³-hybridized carbons (Fsp3) is 0.429. The topological polar surface area (TPSA) is 60.9 Å². The first-order valence-corrected chi connectivity index (χ1v) is 3.48. The zero-order chi connectivity index (χ0) is 8.85. The van der Waals surface area contributed by atoms with E-state index >= 15 is 0 Å². The smallest absolute Gasteiger partial charge is 0.251 e. The molecule has 1 heterocycles. The minimum absolute atomic E-state index is 0.442. The summed E-state index contributed by atoms with van der Waals surface area (Å²) in [5, 5.41) is 3.75. The average molecular weight is 155 g/mol. The van der Waals surface area contributed by atoms with Gasteiger partial charge in [0, 0.05) is 13.2 Å². The normalized spacial score (nSPS) is 8.27. The van der Waals surface area contributed by atoms with Crippen molar-refractivity contribution in [1.29, 1.82) is 0 Å². The molecule has 0 aromatic carbocycles. The number of rotatable bonds is 1. The van der Waals surface area contributed by atoms with E-state index in [1.165, 1.54) is 10.9 Å². The average Bonchev–Trinajstić information content (AvgIpc) is 2.40. The third-order valence-corrected chi connectivity index (χ3v) is 0.989. The highest BCUT2D eigenvalue weighted by molar-refractivity contribution is 5.92. The molecular weight excluding hydrogens is 142 g/mol. The van der Waals surface area contributed by atoms with Crippen molar-refractivity contribution in [3.05, 3.63) is 18.0 Å².